The molecule has 20 heavy (non-hydrogen) atoms. The first-order valence-corrected chi connectivity index (χ1v) is 6.11. The molecule has 0 saturated carbocycles. The molecule has 0 aromatic carbocycles. The zero-order valence-corrected chi connectivity index (χ0v) is 11.2. The molecule has 3 aromatic heterocycles. The molecule has 6 nitrogen and oxygen atoms in total. The van der Waals surface area contributed by atoms with Crippen LogP contribution < -0.4 is 0 Å². The monoisotopic (exact) mass is 288 g/mol. The van der Waals surface area contributed by atoms with Gasteiger partial charge in [0.2, 0.25) is 0 Å². The SMILES string of the molecule is COC(=O)c1c[nH]c2c(-c3ncccn3)ncc(Cl)c12. The number of halogens is 1. The molecule has 0 spiro atoms. The summed E-state index contributed by atoms with van der Waals surface area (Å²) in [5.74, 6) is -0.0169. The summed E-state index contributed by atoms with van der Waals surface area (Å²) in [6, 6.07) is 1.71. The van der Waals surface area contributed by atoms with Crippen LogP contribution in [-0.4, -0.2) is 33.0 Å². The van der Waals surface area contributed by atoms with Gasteiger partial charge in [0.1, 0.15) is 5.69 Å². The van der Waals surface area contributed by atoms with Crippen molar-refractivity contribution in [2.45, 2.75) is 0 Å². The predicted octanol–water partition coefficient (Wildman–Crippen LogP) is 2.46. The topological polar surface area (TPSA) is 80.8 Å². The van der Waals surface area contributed by atoms with Gasteiger partial charge in [-0.1, -0.05) is 11.6 Å². The Balaban J connectivity index is 2.30. The highest BCUT2D eigenvalue weighted by Crippen LogP contribution is 2.31. The zero-order chi connectivity index (χ0) is 14.1. The lowest BCUT2D eigenvalue weighted by Gasteiger charge is -2.03. The van der Waals surface area contributed by atoms with Gasteiger partial charge < -0.3 is 9.72 Å². The average molecular weight is 289 g/mol. The van der Waals surface area contributed by atoms with Crippen molar-refractivity contribution in [1.82, 2.24) is 19.9 Å². The van der Waals surface area contributed by atoms with Gasteiger partial charge in [-0.25, -0.2) is 19.7 Å². The maximum Gasteiger partial charge on any atom is 0.340 e. The van der Waals surface area contributed by atoms with Crippen LogP contribution in [0.25, 0.3) is 22.4 Å². The van der Waals surface area contributed by atoms with Crippen molar-refractivity contribution in [2.24, 2.45) is 0 Å². The number of H-pyrrole nitrogens is 1. The van der Waals surface area contributed by atoms with E-state index in [1.54, 1.807) is 18.5 Å². The molecule has 0 aliphatic heterocycles. The van der Waals surface area contributed by atoms with E-state index in [2.05, 4.69) is 19.9 Å². The van der Waals surface area contributed by atoms with E-state index in [4.69, 9.17) is 16.3 Å². The minimum atomic E-state index is -0.468. The van der Waals surface area contributed by atoms with Crippen molar-refractivity contribution < 1.29 is 9.53 Å². The minimum Gasteiger partial charge on any atom is -0.465 e. The summed E-state index contributed by atoms with van der Waals surface area (Å²) in [6.07, 6.45) is 6.25. The highest BCUT2D eigenvalue weighted by Gasteiger charge is 2.19. The van der Waals surface area contributed by atoms with E-state index in [9.17, 15) is 4.79 Å². The van der Waals surface area contributed by atoms with E-state index in [1.807, 2.05) is 0 Å². The standard InChI is InChI=1S/C13H9ClN4O2/c1-20-13(19)7-5-17-10-9(7)8(14)6-18-11(10)12-15-3-2-4-16-12/h2-6,17H,1H3. The zero-order valence-electron chi connectivity index (χ0n) is 10.4. The molecule has 3 rings (SSSR count). The Labute approximate surface area is 118 Å². The van der Waals surface area contributed by atoms with Crippen molar-refractivity contribution in [1.29, 1.82) is 0 Å². The van der Waals surface area contributed by atoms with Crippen molar-refractivity contribution in [2.75, 3.05) is 7.11 Å². The van der Waals surface area contributed by atoms with Gasteiger partial charge >= 0.3 is 5.97 Å². The van der Waals surface area contributed by atoms with Crippen LogP contribution in [-0.2, 0) is 4.74 Å². The number of aromatic amines is 1. The van der Waals surface area contributed by atoms with Crippen LogP contribution in [0.5, 0.6) is 0 Å². The molecule has 3 aromatic rings. The number of esters is 1. The van der Waals surface area contributed by atoms with E-state index in [-0.39, 0.29) is 0 Å². The number of aromatic nitrogens is 4. The molecule has 0 aliphatic carbocycles. The summed E-state index contributed by atoms with van der Waals surface area (Å²) in [6.45, 7) is 0. The lowest BCUT2D eigenvalue weighted by Crippen LogP contribution is -2.00. The largest absolute Gasteiger partial charge is 0.465 e. The van der Waals surface area contributed by atoms with Gasteiger partial charge in [0.05, 0.1) is 23.2 Å². The van der Waals surface area contributed by atoms with E-state index < -0.39 is 5.97 Å². The van der Waals surface area contributed by atoms with E-state index in [0.29, 0.717) is 33.0 Å². The number of ether oxygens (including phenoxy) is 1. The molecular formula is C13H9ClN4O2. The smallest absolute Gasteiger partial charge is 0.340 e. The van der Waals surface area contributed by atoms with Crippen LogP contribution in [0.4, 0.5) is 0 Å². The maximum absolute atomic E-state index is 11.7. The van der Waals surface area contributed by atoms with Crippen molar-refractivity contribution >= 4 is 28.5 Å². The first-order chi connectivity index (χ1) is 9.72. The number of nitrogens with zero attached hydrogens (tertiary/aromatic N) is 3. The molecule has 7 heteroatoms. The number of fused-ring (bicyclic) bond motifs is 1. The van der Waals surface area contributed by atoms with Crippen LogP contribution in [0.2, 0.25) is 5.02 Å². The molecule has 100 valence electrons. The summed E-state index contributed by atoms with van der Waals surface area (Å²) in [4.78, 5) is 27.3. The van der Waals surface area contributed by atoms with E-state index in [1.165, 1.54) is 19.5 Å². The Kier molecular flexibility index (Phi) is 3.08. The molecule has 0 radical (unpaired) electrons. The van der Waals surface area contributed by atoms with Gasteiger partial charge in [0, 0.05) is 30.2 Å². The maximum atomic E-state index is 11.7. The second kappa shape index (κ2) is 4.90. The number of hydrogen-bond donors (Lipinski definition) is 1. The lowest BCUT2D eigenvalue weighted by molar-refractivity contribution is 0.0603. The molecule has 0 saturated heterocycles. The fraction of sp³-hybridized carbons (Fsp3) is 0.0769. The molecule has 3 heterocycles. The Morgan fingerprint density at radius 2 is 2.05 bits per heavy atom. The second-order valence-corrected chi connectivity index (χ2v) is 4.38. The lowest BCUT2D eigenvalue weighted by atomic mass is 10.1. The van der Waals surface area contributed by atoms with Crippen LogP contribution in [0, 0.1) is 0 Å². The minimum absolute atomic E-state index is 0.354. The fourth-order valence-electron chi connectivity index (χ4n) is 1.97. The van der Waals surface area contributed by atoms with Crippen molar-refractivity contribution in [3.05, 3.63) is 41.4 Å². The Morgan fingerprint density at radius 3 is 2.75 bits per heavy atom. The molecule has 0 aliphatic rings. The fourth-order valence-corrected chi connectivity index (χ4v) is 2.22. The number of rotatable bonds is 2. The normalized spacial score (nSPS) is 10.7. The predicted molar refractivity (Wildman–Crippen MR) is 73.5 cm³/mol. The Bertz CT molecular complexity index is 786. The van der Waals surface area contributed by atoms with E-state index in [0.717, 1.165) is 0 Å². The first-order valence-electron chi connectivity index (χ1n) is 5.73. The molecule has 0 amide bonds. The first kappa shape index (κ1) is 12.6. The molecule has 0 unspecified atom stereocenters. The van der Waals surface area contributed by atoms with Crippen LogP contribution in [0.15, 0.2) is 30.9 Å². The molecule has 0 fully saturated rings. The number of carbonyl (C=O) groups is 1. The molecular weight excluding hydrogens is 280 g/mol. The summed E-state index contributed by atoms with van der Waals surface area (Å²) in [7, 11) is 1.32. The third kappa shape index (κ3) is 1.90. The quantitative estimate of drug-likeness (QED) is 0.733. The number of nitrogens with one attached hydrogen (secondary N) is 1. The van der Waals surface area contributed by atoms with Gasteiger partial charge in [0.25, 0.3) is 0 Å². The van der Waals surface area contributed by atoms with Gasteiger partial charge in [0.15, 0.2) is 5.82 Å². The highest BCUT2D eigenvalue weighted by atomic mass is 35.5. The van der Waals surface area contributed by atoms with Crippen molar-refractivity contribution in [3.8, 4) is 11.5 Å². The number of methoxy groups -OCH3 is 1. The Morgan fingerprint density at radius 1 is 1.30 bits per heavy atom. The third-order valence-corrected chi connectivity index (χ3v) is 3.13. The van der Waals surface area contributed by atoms with Crippen LogP contribution >= 0.6 is 11.6 Å². The average Bonchev–Trinajstić information content (AvgIpc) is 2.93. The summed E-state index contributed by atoms with van der Waals surface area (Å²) < 4.78 is 4.73. The van der Waals surface area contributed by atoms with Crippen molar-refractivity contribution in [3.63, 3.8) is 0 Å². The molecule has 0 atom stereocenters. The number of pyridine rings is 1. The summed E-state index contributed by atoms with van der Waals surface area (Å²) in [5, 5.41) is 0.914. The molecule has 0 bridgehead atoms. The highest BCUT2D eigenvalue weighted by molar-refractivity contribution is 6.37. The van der Waals surface area contributed by atoms with Gasteiger partial charge in [-0.3, -0.25) is 0 Å². The molecule has 1 N–H and O–H groups in total. The van der Waals surface area contributed by atoms with Crippen LogP contribution in [0.3, 0.4) is 0 Å². The van der Waals surface area contributed by atoms with Gasteiger partial charge in [-0.15, -0.1) is 0 Å². The summed E-state index contributed by atoms with van der Waals surface area (Å²) >= 11 is 6.13. The summed E-state index contributed by atoms with van der Waals surface area (Å²) in [5.41, 5.74) is 1.48. The van der Waals surface area contributed by atoms with Crippen LogP contribution in [0.1, 0.15) is 10.4 Å². The van der Waals surface area contributed by atoms with Gasteiger partial charge in [-0.2, -0.15) is 0 Å². The Hall–Kier alpha value is -2.47. The van der Waals surface area contributed by atoms with E-state index >= 15 is 0 Å². The number of hydrogen-bond acceptors (Lipinski definition) is 5. The van der Waals surface area contributed by atoms with Gasteiger partial charge in [-0.05, 0) is 6.07 Å². The second-order valence-electron chi connectivity index (χ2n) is 3.97. The number of carbonyl (C=O) groups excluding carboxylic acids is 1. The third-order valence-electron chi connectivity index (χ3n) is 2.85.